The fraction of sp³-hybridized carbons (Fsp3) is 0.500. The van der Waals surface area contributed by atoms with Crippen molar-refractivity contribution in [3.05, 3.63) is 29.8 Å². The van der Waals surface area contributed by atoms with Gasteiger partial charge in [0, 0.05) is 12.1 Å². The SMILES string of the molecule is CC[C@@H](C)CNCc1ccccc1O. The van der Waals surface area contributed by atoms with Gasteiger partial charge in [-0.1, -0.05) is 38.5 Å². The van der Waals surface area contributed by atoms with Crippen LogP contribution in [-0.2, 0) is 6.54 Å². The van der Waals surface area contributed by atoms with Gasteiger partial charge in [0.2, 0.25) is 0 Å². The molecule has 0 radical (unpaired) electrons. The number of hydrogen-bond donors (Lipinski definition) is 2. The van der Waals surface area contributed by atoms with Crippen LogP contribution in [0.1, 0.15) is 25.8 Å². The van der Waals surface area contributed by atoms with Crippen molar-refractivity contribution in [3.8, 4) is 5.75 Å². The Labute approximate surface area is 86.0 Å². The number of aromatic hydroxyl groups is 1. The van der Waals surface area contributed by atoms with E-state index in [1.165, 1.54) is 6.42 Å². The van der Waals surface area contributed by atoms with Crippen LogP contribution in [0.25, 0.3) is 0 Å². The second kappa shape index (κ2) is 5.66. The molecule has 2 nitrogen and oxygen atoms in total. The lowest BCUT2D eigenvalue weighted by Crippen LogP contribution is -2.20. The maximum atomic E-state index is 9.49. The van der Waals surface area contributed by atoms with E-state index in [-0.39, 0.29) is 0 Å². The molecule has 0 spiro atoms. The van der Waals surface area contributed by atoms with Crippen molar-refractivity contribution in [2.45, 2.75) is 26.8 Å². The van der Waals surface area contributed by atoms with Crippen molar-refractivity contribution in [1.82, 2.24) is 5.32 Å². The number of phenols is 1. The molecule has 0 aliphatic heterocycles. The van der Waals surface area contributed by atoms with Crippen LogP contribution in [0.3, 0.4) is 0 Å². The van der Waals surface area contributed by atoms with Crippen molar-refractivity contribution in [3.63, 3.8) is 0 Å². The summed E-state index contributed by atoms with van der Waals surface area (Å²) >= 11 is 0. The first kappa shape index (κ1) is 11.1. The number of nitrogens with one attached hydrogen (secondary N) is 1. The van der Waals surface area contributed by atoms with Gasteiger partial charge in [-0.25, -0.2) is 0 Å². The normalized spacial score (nSPS) is 12.7. The third kappa shape index (κ3) is 3.38. The van der Waals surface area contributed by atoms with Crippen LogP contribution in [0, 0.1) is 5.92 Å². The molecule has 1 atom stereocenters. The van der Waals surface area contributed by atoms with Crippen LogP contribution < -0.4 is 5.32 Å². The van der Waals surface area contributed by atoms with E-state index in [9.17, 15) is 5.11 Å². The summed E-state index contributed by atoms with van der Waals surface area (Å²) in [6.07, 6.45) is 1.19. The Bertz CT molecular complexity index is 273. The molecule has 14 heavy (non-hydrogen) atoms. The lowest BCUT2D eigenvalue weighted by atomic mass is 10.1. The molecule has 0 aliphatic carbocycles. The minimum atomic E-state index is 0.379. The van der Waals surface area contributed by atoms with Crippen molar-refractivity contribution >= 4 is 0 Å². The first-order chi connectivity index (χ1) is 6.74. The molecule has 1 aromatic rings. The zero-order valence-corrected chi connectivity index (χ0v) is 8.96. The van der Waals surface area contributed by atoms with E-state index in [0.29, 0.717) is 11.7 Å². The van der Waals surface area contributed by atoms with Crippen molar-refractivity contribution < 1.29 is 5.11 Å². The topological polar surface area (TPSA) is 32.3 Å². The van der Waals surface area contributed by atoms with Gasteiger partial charge in [0.15, 0.2) is 0 Å². The molecule has 0 unspecified atom stereocenters. The van der Waals surface area contributed by atoms with Gasteiger partial charge < -0.3 is 10.4 Å². The largest absolute Gasteiger partial charge is 0.508 e. The smallest absolute Gasteiger partial charge is 0.120 e. The lowest BCUT2D eigenvalue weighted by Gasteiger charge is -2.10. The van der Waals surface area contributed by atoms with Crippen LogP contribution >= 0.6 is 0 Å². The van der Waals surface area contributed by atoms with Crippen LogP contribution in [0.4, 0.5) is 0 Å². The molecule has 78 valence electrons. The number of hydrogen-bond acceptors (Lipinski definition) is 2. The summed E-state index contributed by atoms with van der Waals surface area (Å²) in [5.41, 5.74) is 0.968. The van der Waals surface area contributed by atoms with Gasteiger partial charge in [0.25, 0.3) is 0 Å². The highest BCUT2D eigenvalue weighted by Crippen LogP contribution is 2.14. The van der Waals surface area contributed by atoms with Crippen LogP contribution in [-0.4, -0.2) is 11.7 Å². The van der Waals surface area contributed by atoms with Gasteiger partial charge in [-0.2, -0.15) is 0 Å². The molecule has 0 fully saturated rings. The molecule has 2 heteroatoms. The Morgan fingerprint density at radius 2 is 2.07 bits per heavy atom. The Hall–Kier alpha value is -1.02. The van der Waals surface area contributed by atoms with E-state index in [1.807, 2.05) is 18.2 Å². The van der Waals surface area contributed by atoms with E-state index in [1.54, 1.807) is 6.07 Å². The first-order valence-electron chi connectivity index (χ1n) is 5.21. The van der Waals surface area contributed by atoms with Crippen LogP contribution in [0.15, 0.2) is 24.3 Å². The third-order valence-corrected chi connectivity index (χ3v) is 2.50. The molecule has 0 aliphatic rings. The van der Waals surface area contributed by atoms with Crippen molar-refractivity contribution in [1.29, 1.82) is 0 Å². The molecule has 1 rings (SSSR count). The highest BCUT2D eigenvalue weighted by molar-refractivity contribution is 5.31. The molecule has 0 bridgehead atoms. The van der Waals surface area contributed by atoms with E-state index >= 15 is 0 Å². The summed E-state index contributed by atoms with van der Waals surface area (Å²) in [7, 11) is 0. The Balaban J connectivity index is 2.35. The summed E-state index contributed by atoms with van der Waals surface area (Å²) in [5.74, 6) is 1.07. The Morgan fingerprint density at radius 1 is 1.36 bits per heavy atom. The Kier molecular flexibility index (Phi) is 4.47. The zero-order chi connectivity index (χ0) is 10.4. The van der Waals surface area contributed by atoms with Crippen LogP contribution in [0.5, 0.6) is 5.75 Å². The maximum Gasteiger partial charge on any atom is 0.120 e. The molecule has 0 amide bonds. The van der Waals surface area contributed by atoms with Gasteiger partial charge in [-0.3, -0.25) is 0 Å². The van der Waals surface area contributed by atoms with Gasteiger partial charge >= 0.3 is 0 Å². The third-order valence-electron chi connectivity index (χ3n) is 2.50. The van der Waals surface area contributed by atoms with Gasteiger partial charge in [0.1, 0.15) is 5.75 Å². The molecule has 2 N–H and O–H groups in total. The molecule has 1 aromatic carbocycles. The van der Waals surface area contributed by atoms with E-state index in [2.05, 4.69) is 19.2 Å². The van der Waals surface area contributed by atoms with Crippen LogP contribution in [0.2, 0.25) is 0 Å². The zero-order valence-electron chi connectivity index (χ0n) is 8.96. The fourth-order valence-electron chi connectivity index (χ4n) is 1.26. The standard InChI is InChI=1S/C12H19NO/c1-3-10(2)8-13-9-11-6-4-5-7-12(11)14/h4-7,10,13-14H,3,8-9H2,1-2H3/t10-/m1/s1. The lowest BCUT2D eigenvalue weighted by molar-refractivity contribution is 0.456. The Morgan fingerprint density at radius 3 is 2.71 bits per heavy atom. The molecule has 0 saturated heterocycles. The van der Waals surface area contributed by atoms with E-state index < -0.39 is 0 Å². The summed E-state index contributed by atoms with van der Waals surface area (Å²) in [5, 5.41) is 12.8. The summed E-state index contributed by atoms with van der Waals surface area (Å²) < 4.78 is 0. The quantitative estimate of drug-likeness (QED) is 0.753. The predicted molar refractivity (Wildman–Crippen MR) is 59.3 cm³/mol. The fourth-order valence-corrected chi connectivity index (χ4v) is 1.26. The van der Waals surface area contributed by atoms with Crippen molar-refractivity contribution in [2.24, 2.45) is 5.92 Å². The second-order valence-corrected chi connectivity index (χ2v) is 3.77. The monoisotopic (exact) mass is 193 g/mol. The van der Waals surface area contributed by atoms with E-state index in [0.717, 1.165) is 18.7 Å². The summed E-state index contributed by atoms with van der Waals surface area (Å²) in [4.78, 5) is 0. The number of benzene rings is 1. The minimum absolute atomic E-state index is 0.379. The molecule has 0 heterocycles. The molecular weight excluding hydrogens is 174 g/mol. The molecule has 0 aromatic heterocycles. The predicted octanol–water partition coefficient (Wildman–Crippen LogP) is 2.53. The first-order valence-corrected chi connectivity index (χ1v) is 5.21. The maximum absolute atomic E-state index is 9.49. The number of phenolic OH excluding ortho intramolecular Hbond substituents is 1. The average molecular weight is 193 g/mol. The van der Waals surface area contributed by atoms with Crippen molar-refractivity contribution in [2.75, 3.05) is 6.54 Å². The highest BCUT2D eigenvalue weighted by atomic mass is 16.3. The van der Waals surface area contributed by atoms with Gasteiger partial charge in [0.05, 0.1) is 0 Å². The van der Waals surface area contributed by atoms with E-state index in [4.69, 9.17) is 0 Å². The number of para-hydroxylation sites is 1. The average Bonchev–Trinajstić information content (AvgIpc) is 2.20. The number of rotatable bonds is 5. The second-order valence-electron chi connectivity index (χ2n) is 3.77. The molecular formula is C12H19NO. The van der Waals surface area contributed by atoms with Gasteiger partial charge in [-0.05, 0) is 18.5 Å². The summed E-state index contributed by atoms with van der Waals surface area (Å²) in [6.45, 7) is 6.16. The van der Waals surface area contributed by atoms with Gasteiger partial charge in [-0.15, -0.1) is 0 Å². The minimum Gasteiger partial charge on any atom is -0.508 e. The highest BCUT2D eigenvalue weighted by Gasteiger charge is 2.00. The molecule has 0 saturated carbocycles. The summed E-state index contributed by atoms with van der Waals surface area (Å²) in [6, 6.07) is 7.45.